The second kappa shape index (κ2) is 7.56. The van der Waals surface area contributed by atoms with E-state index < -0.39 is 0 Å². The first kappa shape index (κ1) is 11.9. The summed E-state index contributed by atoms with van der Waals surface area (Å²) in [7, 11) is 0. The van der Waals surface area contributed by atoms with Crippen molar-refractivity contribution in [2.45, 2.75) is 26.7 Å². The lowest BCUT2D eigenvalue weighted by Gasteiger charge is -1.87. The number of halogens is 2. The van der Waals surface area contributed by atoms with Gasteiger partial charge in [0.2, 0.25) is 0 Å². The van der Waals surface area contributed by atoms with Crippen LogP contribution in [0.4, 0.5) is 0 Å². The van der Waals surface area contributed by atoms with Crippen molar-refractivity contribution in [3.63, 3.8) is 0 Å². The zero-order valence-corrected chi connectivity index (χ0v) is 9.69. The third-order valence-corrected chi connectivity index (χ3v) is 1.70. The van der Waals surface area contributed by atoms with E-state index >= 15 is 0 Å². The lowest BCUT2D eigenvalue weighted by molar-refractivity contribution is 0.959. The third kappa shape index (κ3) is 8.02. The Balaban J connectivity index is 3.90. The molecular formula is C9H13BrClN. The minimum Gasteiger partial charge on any atom is -0.262 e. The van der Waals surface area contributed by atoms with Crippen molar-refractivity contribution >= 4 is 33.7 Å². The van der Waals surface area contributed by atoms with Crippen molar-refractivity contribution in [3.05, 3.63) is 21.8 Å². The number of hydrogen-bond acceptors (Lipinski definition) is 1. The highest BCUT2D eigenvalue weighted by Crippen LogP contribution is 2.05. The summed E-state index contributed by atoms with van der Waals surface area (Å²) >= 11 is 8.95. The molecule has 0 fully saturated rings. The largest absolute Gasteiger partial charge is 0.262 e. The zero-order chi connectivity index (χ0) is 9.40. The number of unbranched alkanes of at least 4 members (excludes halogenated alkanes) is 1. The molecule has 0 bridgehead atoms. The van der Waals surface area contributed by atoms with Crippen LogP contribution in [0.1, 0.15) is 26.7 Å². The lowest BCUT2D eigenvalue weighted by Crippen LogP contribution is -1.72. The van der Waals surface area contributed by atoms with E-state index in [0.29, 0.717) is 5.03 Å². The molecule has 0 aromatic rings. The van der Waals surface area contributed by atoms with Crippen LogP contribution in [0.25, 0.3) is 0 Å². The van der Waals surface area contributed by atoms with Gasteiger partial charge in [-0.2, -0.15) is 0 Å². The Labute approximate surface area is 87.3 Å². The summed E-state index contributed by atoms with van der Waals surface area (Å²) < 4.78 is 0.999. The molecule has 0 saturated heterocycles. The van der Waals surface area contributed by atoms with Crippen LogP contribution in [0.5, 0.6) is 0 Å². The molecule has 0 rings (SSSR count). The maximum Gasteiger partial charge on any atom is 0.0410 e. The molecule has 0 saturated carbocycles. The van der Waals surface area contributed by atoms with Crippen LogP contribution in [-0.2, 0) is 0 Å². The van der Waals surface area contributed by atoms with Crippen molar-refractivity contribution in [1.82, 2.24) is 0 Å². The fourth-order valence-electron chi connectivity index (χ4n) is 0.546. The van der Waals surface area contributed by atoms with Crippen LogP contribution < -0.4 is 0 Å². The molecule has 12 heavy (non-hydrogen) atoms. The normalized spacial score (nSPS) is 14.3. The standard InChI is InChI=1S/C9H13BrClN/c1-3-4-5-9(10)7-12-6-8(2)11/h5-7H,3-4H2,1-2H3/b8-6+,9-5-,12-7+. The first-order chi connectivity index (χ1) is 5.66. The second-order valence-electron chi connectivity index (χ2n) is 2.37. The SMILES string of the molecule is CCC/C=C(Br)/C=N/C=C(\C)Cl. The second-order valence-corrected chi connectivity index (χ2v) is 3.88. The van der Waals surface area contributed by atoms with Crippen LogP contribution in [0.2, 0.25) is 0 Å². The smallest absolute Gasteiger partial charge is 0.0410 e. The summed E-state index contributed by atoms with van der Waals surface area (Å²) in [6.45, 7) is 3.93. The van der Waals surface area contributed by atoms with Crippen molar-refractivity contribution in [2.75, 3.05) is 0 Å². The van der Waals surface area contributed by atoms with E-state index in [1.54, 1.807) is 19.3 Å². The molecule has 0 radical (unpaired) electrons. The van der Waals surface area contributed by atoms with E-state index in [1.165, 1.54) is 0 Å². The maximum atomic E-state index is 5.58. The van der Waals surface area contributed by atoms with Crippen molar-refractivity contribution in [1.29, 1.82) is 0 Å². The fourth-order valence-corrected chi connectivity index (χ4v) is 0.950. The van der Waals surface area contributed by atoms with Crippen molar-refractivity contribution in [3.8, 4) is 0 Å². The maximum absolute atomic E-state index is 5.58. The molecule has 0 unspecified atom stereocenters. The summed E-state index contributed by atoms with van der Waals surface area (Å²) in [5, 5.41) is 0.682. The molecular weight excluding hydrogens is 237 g/mol. The highest BCUT2D eigenvalue weighted by molar-refractivity contribution is 9.12. The van der Waals surface area contributed by atoms with E-state index in [0.717, 1.165) is 17.3 Å². The summed E-state index contributed by atoms with van der Waals surface area (Å²) in [6.07, 6.45) is 7.65. The average molecular weight is 251 g/mol. The lowest BCUT2D eigenvalue weighted by atomic mass is 10.3. The van der Waals surface area contributed by atoms with Crippen molar-refractivity contribution in [2.24, 2.45) is 4.99 Å². The predicted molar refractivity (Wildman–Crippen MR) is 60.0 cm³/mol. The van der Waals surface area contributed by atoms with Gasteiger partial charge in [-0.3, -0.25) is 4.99 Å². The van der Waals surface area contributed by atoms with Gasteiger partial charge in [0.1, 0.15) is 0 Å². The Morgan fingerprint density at radius 1 is 1.58 bits per heavy atom. The number of nitrogens with zero attached hydrogens (tertiary/aromatic N) is 1. The third-order valence-electron chi connectivity index (χ3n) is 1.08. The highest BCUT2D eigenvalue weighted by atomic mass is 79.9. The van der Waals surface area contributed by atoms with Gasteiger partial charge in [0.15, 0.2) is 0 Å². The summed E-state index contributed by atoms with van der Waals surface area (Å²) in [5.41, 5.74) is 0. The number of rotatable bonds is 4. The average Bonchev–Trinajstić information content (AvgIpc) is 2.00. The summed E-state index contributed by atoms with van der Waals surface area (Å²) in [4.78, 5) is 3.99. The molecule has 0 aliphatic carbocycles. The van der Waals surface area contributed by atoms with Crippen LogP contribution in [0.3, 0.4) is 0 Å². The van der Waals surface area contributed by atoms with E-state index in [1.807, 2.05) is 0 Å². The molecule has 0 amide bonds. The van der Waals surface area contributed by atoms with Crippen LogP contribution in [-0.4, -0.2) is 6.21 Å². The van der Waals surface area contributed by atoms with Crippen LogP contribution >= 0.6 is 27.5 Å². The molecule has 1 nitrogen and oxygen atoms in total. The zero-order valence-electron chi connectivity index (χ0n) is 7.35. The molecule has 0 aromatic carbocycles. The van der Waals surface area contributed by atoms with Gasteiger partial charge in [-0.05, 0) is 29.3 Å². The van der Waals surface area contributed by atoms with Gasteiger partial charge in [0.25, 0.3) is 0 Å². The van der Waals surface area contributed by atoms with Gasteiger partial charge >= 0.3 is 0 Å². The minimum atomic E-state index is 0.682. The minimum absolute atomic E-state index is 0.682. The van der Waals surface area contributed by atoms with Crippen LogP contribution in [0, 0.1) is 0 Å². The van der Waals surface area contributed by atoms with E-state index in [2.05, 4.69) is 33.9 Å². The quantitative estimate of drug-likeness (QED) is 0.662. The molecule has 0 aliphatic heterocycles. The van der Waals surface area contributed by atoms with Gasteiger partial charge in [-0.15, -0.1) is 0 Å². The molecule has 0 aliphatic rings. The fraction of sp³-hybridized carbons (Fsp3) is 0.444. The molecule has 68 valence electrons. The monoisotopic (exact) mass is 249 g/mol. The highest BCUT2D eigenvalue weighted by Gasteiger charge is 1.83. The topological polar surface area (TPSA) is 12.4 Å². The number of allylic oxidation sites excluding steroid dienone is 3. The molecule has 0 aromatic heterocycles. The molecule has 0 heterocycles. The Hall–Kier alpha value is -0.0800. The van der Waals surface area contributed by atoms with Gasteiger partial charge in [0, 0.05) is 21.9 Å². The number of hydrogen-bond donors (Lipinski definition) is 0. The van der Waals surface area contributed by atoms with Gasteiger partial charge in [-0.1, -0.05) is 31.0 Å². The first-order valence-corrected chi connectivity index (χ1v) is 5.05. The molecule has 0 atom stereocenters. The van der Waals surface area contributed by atoms with Gasteiger partial charge < -0.3 is 0 Å². The predicted octanol–water partition coefficient (Wildman–Crippen LogP) is 4.24. The van der Waals surface area contributed by atoms with E-state index in [-0.39, 0.29) is 0 Å². The molecule has 3 heteroatoms. The van der Waals surface area contributed by atoms with E-state index in [9.17, 15) is 0 Å². The summed E-state index contributed by atoms with van der Waals surface area (Å²) in [6, 6.07) is 0. The van der Waals surface area contributed by atoms with Crippen LogP contribution in [0.15, 0.2) is 26.8 Å². The number of aliphatic imine (C=N–C) groups is 1. The summed E-state index contributed by atoms with van der Waals surface area (Å²) in [5.74, 6) is 0. The first-order valence-electron chi connectivity index (χ1n) is 3.88. The van der Waals surface area contributed by atoms with Gasteiger partial charge in [0.05, 0.1) is 0 Å². The molecule has 0 spiro atoms. The Morgan fingerprint density at radius 2 is 2.25 bits per heavy atom. The van der Waals surface area contributed by atoms with E-state index in [4.69, 9.17) is 11.6 Å². The Morgan fingerprint density at radius 3 is 2.75 bits per heavy atom. The Bertz CT molecular complexity index is 203. The Kier molecular flexibility index (Phi) is 7.51. The van der Waals surface area contributed by atoms with Gasteiger partial charge in [-0.25, -0.2) is 0 Å². The van der Waals surface area contributed by atoms with Crippen molar-refractivity contribution < 1.29 is 0 Å². The molecule has 0 N–H and O–H groups in total.